The van der Waals surface area contributed by atoms with Gasteiger partial charge in [-0.3, -0.25) is 19.7 Å². The molecule has 1 aromatic rings. The van der Waals surface area contributed by atoms with Gasteiger partial charge in [-0.2, -0.15) is 0 Å². The van der Waals surface area contributed by atoms with Gasteiger partial charge in [0.15, 0.2) is 0 Å². The fourth-order valence-corrected chi connectivity index (χ4v) is 4.46. The molecule has 27 heavy (non-hydrogen) atoms. The van der Waals surface area contributed by atoms with Crippen molar-refractivity contribution in [2.45, 2.75) is 70.6 Å². The Kier molecular flexibility index (Phi) is 5.00. The number of piperidine rings is 1. The third-order valence-corrected chi connectivity index (χ3v) is 6.20. The Hall–Kier alpha value is -2.21. The molecule has 3 aliphatic rings. The van der Waals surface area contributed by atoms with E-state index in [9.17, 15) is 14.4 Å². The van der Waals surface area contributed by atoms with Gasteiger partial charge in [0.25, 0.3) is 5.91 Å². The van der Waals surface area contributed by atoms with E-state index in [1.54, 1.807) is 4.90 Å². The number of nitrogens with one attached hydrogen (secondary N) is 2. The third-order valence-electron chi connectivity index (χ3n) is 6.20. The maximum Gasteiger partial charge on any atom is 0.255 e. The lowest BCUT2D eigenvalue weighted by molar-refractivity contribution is -0.136. The quantitative estimate of drug-likeness (QED) is 0.797. The van der Waals surface area contributed by atoms with Gasteiger partial charge in [-0.1, -0.05) is 19.1 Å². The molecule has 6 nitrogen and oxygen atoms in total. The summed E-state index contributed by atoms with van der Waals surface area (Å²) in [7, 11) is 0. The number of rotatable bonds is 4. The van der Waals surface area contributed by atoms with E-state index in [1.165, 1.54) is 31.2 Å². The molecule has 0 aromatic heterocycles. The van der Waals surface area contributed by atoms with Crippen molar-refractivity contribution >= 4 is 17.7 Å². The highest BCUT2D eigenvalue weighted by Crippen LogP contribution is 2.28. The summed E-state index contributed by atoms with van der Waals surface area (Å²) in [6.45, 7) is 3.57. The number of nitrogens with zero attached hydrogens (tertiary/aromatic N) is 1. The van der Waals surface area contributed by atoms with Crippen molar-refractivity contribution in [3.63, 3.8) is 0 Å². The van der Waals surface area contributed by atoms with Crippen LogP contribution in [0.2, 0.25) is 0 Å². The monoisotopic (exact) mass is 369 g/mol. The van der Waals surface area contributed by atoms with Crippen LogP contribution < -0.4 is 10.6 Å². The van der Waals surface area contributed by atoms with Crippen molar-refractivity contribution in [2.75, 3.05) is 0 Å². The molecule has 144 valence electrons. The Balaban J connectivity index is 1.40. The van der Waals surface area contributed by atoms with E-state index in [1.807, 2.05) is 12.1 Å². The first-order valence-corrected chi connectivity index (χ1v) is 10.0. The molecule has 1 saturated carbocycles. The molecule has 2 aliphatic heterocycles. The standard InChI is InChI=1S/C21H27N3O3/c1-13-2-5-16(6-3-13)22-11-14-4-7-17-15(10-14)12-24(21(17)27)18-8-9-19(25)23-20(18)26/h4,7,10,13,16,18,22H,2-3,5-6,8-9,11-12H2,1H3,(H,23,25,26). The van der Waals surface area contributed by atoms with E-state index in [0.717, 1.165) is 18.0 Å². The first-order chi connectivity index (χ1) is 13.0. The van der Waals surface area contributed by atoms with Crippen LogP contribution in [0.1, 0.15) is 66.9 Å². The minimum atomic E-state index is -0.548. The zero-order valence-electron chi connectivity index (χ0n) is 15.8. The molecular formula is C21H27N3O3. The fourth-order valence-electron chi connectivity index (χ4n) is 4.46. The van der Waals surface area contributed by atoms with Crippen LogP contribution in [0.15, 0.2) is 18.2 Å². The molecule has 1 atom stereocenters. The van der Waals surface area contributed by atoms with Crippen LogP contribution in [0.5, 0.6) is 0 Å². The van der Waals surface area contributed by atoms with E-state index < -0.39 is 6.04 Å². The summed E-state index contributed by atoms with van der Waals surface area (Å²) in [6, 6.07) is 5.99. The largest absolute Gasteiger partial charge is 0.322 e. The van der Waals surface area contributed by atoms with Gasteiger partial charge < -0.3 is 10.2 Å². The van der Waals surface area contributed by atoms with E-state index in [4.69, 9.17) is 0 Å². The van der Waals surface area contributed by atoms with Gasteiger partial charge in [0.2, 0.25) is 11.8 Å². The summed E-state index contributed by atoms with van der Waals surface area (Å²) in [5, 5.41) is 5.99. The van der Waals surface area contributed by atoms with E-state index in [0.29, 0.717) is 24.6 Å². The molecule has 3 amide bonds. The van der Waals surface area contributed by atoms with E-state index in [-0.39, 0.29) is 24.1 Å². The number of hydrogen-bond acceptors (Lipinski definition) is 4. The molecule has 1 saturated heterocycles. The molecule has 2 N–H and O–H groups in total. The molecule has 2 heterocycles. The number of hydrogen-bond donors (Lipinski definition) is 2. The Morgan fingerprint density at radius 3 is 2.63 bits per heavy atom. The summed E-state index contributed by atoms with van der Waals surface area (Å²) in [5.74, 6) is 0.110. The molecule has 0 radical (unpaired) electrons. The molecular weight excluding hydrogens is 342 g/mol. The lowest BCUT2D eigenvalue weighted by Gasteiger charge is -2.29. The molecule has 0 spiro atoms. The summed E-state index contributed by atoms with van der Waals surface area (Å²) in [4.78, 5) is 37.8. The van der Waals surface area contributed by atoms with Crippen molar-refractivity contribution in [1.82, 2.24) is 15.5 Å². The summed E-state index contributed by atoms with van der Waals surface area (Å²) < 4.78 is 0. The van der Waals surface area contributed by atoms with E-state index >= 15 is 0 Å². The predicted molar refractivity (Wildman–Crippen MR) is 101 cm³/mol. The molecule has 1 unspecified atom stereocenters. The highest BCUT2D eigenvalue weighted by atomic mass is 16.2. The maximum absolute atomic E-state index is 12.7. The van der Waals surface area contributed by atoms with Crippen LogP contribution >= 0.6 is 0 Å². The topological polar surface area (TPSA) is 78.5 Å². The summed E-state index contributed by atoms with van der Waals surface area (Å²) in [6.07, 6.45) is 5.72. The Bertz CT molecular complexity index is 768. The molecule has 4 rings (SSSR count). The number of fused-ring (bicyclic) bond motifs is 1. The lowest BCUT2D eigenvalue weighted by atomic mass is 9.87. The van der Waals surface area contributed by atoms with Crippen LogP contribution in [0.4, 0.5) is 0 Å². The van der Waals surface area contributed by atoms with Crippen molar-refractivity contribution < 1.29 is 14.4 Å². The highest BCUT2D eigenvalue weighted by Gasteiger charge is 2.39. The second kappa shape index (κ2) is 7.43. The normalized spacial score (nSPS) is 28.3. The Morgan fingerprint density at radius 2 is 1.89 bits per heavy atom. The predicted octanol–water partition coefficient (Wildman–Crippen LogP) is 2.12. The number of benzene rings is 1. The average molecular weight is 369 g/mol. The maximum atomic E-state index is 12.7. The van der Waals surface area contributed by atoms with E-state index in [2.05, 4.69) is 23.6 Å². The van der Waals surface area contributed by atoms with Crippen LogP contribution in [-0.4, -0.2) is 34.7 Å². The van der Waals surface area contributed by atoms with Crippen LogP contribution in [0.25, 0.3) is 0 Å². The summed E-state index contributed by atoms with van der Waals surface area (Å²) >= 11 is 0. The SMILES string of the molecule is CC1CCC(NCc2ccc3c(c2)CN(C2CCC(=O)NC2=O)C3=O)CC1. The van der Waals surface area contributed by atoms with Gasteiger partial charge in [0.1, 0.15) is 6.04 Å². The van der Waals surface area contributed by atoms with Gasteiger partial charge in [-0.05, 0) is 55.2 Å². The van der Waals surface area contributed by atoms with Crippen LogP contribution in [-0.2, 0) is 22.7 Å². The minimum absolute atomic E-state index is 0.111. The molecule has 2 fully saturated rings. The van der Waals surface area contributed by atoms with Gasteiger partial charge in [-0.25, -0.2) is 0 Å². The lowest BCUT2D eigenvalue weighted by Crippen LogP contribution is -2.52. The van der Waals surface area contributed by atoms with Crippen LogP contribution in [0, 0.1) is 5.92 Å². The van der Waals surface area contributed by atoms with Gasteiger partial charge in [0, 0.05) is 31.1 Å². The average Bonchev–Trinajstić information content (AvgIpc) is 2.97. The second-order valence-electron chi connectivity index (χ2n) is 8.23. The first kappa shape index (κ1) is 18.2. The molecule has 1 aromatic carbocycles. The highest BCUT2D eigenvalue weighted by molar-refractivity contribution is 6.05. The minimum Gasteiger partial charge on any atom is -0.322 e. The number of imide groups is 1. The first-order valence-electron chi connectivity index (χ1n) is 10.0. The van der Waals surface area contributed by atoms with Crippen molar-refractivity contribution in [3.05, 3.63) is 34.9 Å². The summed E-state index contributed by atoms with van der Waals surface area (Å²) in [5.41, 5.74) is 2.82. The fraction of sp³-hybridized carbons (Fsp3) is 0.571. The molecule has 1 aliphatic carbocycles. The van der Waals surface area contributed by atoms with Crippen molar-refractivity contribution in [3.8, 4) is 0 Å². The van der Waals surface area contributed by atoms with Gasteiger partial charge in [-0.15, -0.1) is 0 Å². The number of amides is 3. The zero-order chi connectivity index (χ0) is 19.0. The van der Waals surface area contributed by atoms with Crippen molar-refractivity contribution in [1.29, 1.82) is 0 Å². The molecule has 6 heteroatoms. The third kappa shape index (κ3) is 3.76. The van der Waals surface area contributed by atoms with Crippen molar-refractivity contribution in [2.24, 2.45) is 5.92 Å². The zero-order valence-corrected chi connectivity index (χ0v) is 15.8. The van der Waals surface area contributed by atoms with Gasteiger partial charge >= 0.3 is 0 Å². The second-order valence-corrected chi connectivity index (χ2v) is 8.23. The molecule has 0 bridgehead atoms. The Morgan fingerprint density at radius 1 is 1.11 bits per heavy atom. The van der Waals surface area contributed by atoms with Gasteiger partial charge in [0.05, 0.1) is 0 Å². The smallest absolute Gasteiger partial charge is 0.255 e. The number of carbonyl (C=O) groups is 3. The van der Waals surface area contributed by atoms with Crippen LogP contribution in [0.3, 0.4) is 0 Å². The number of carbonyl (C=O) groups excluding carboxylic acids is 3. The Labute approximate surface area is 159 Å².